The predicted octanol–water partition coefficient (Wildman–Crippen LogP) is 3.67. The van der Waals surface area contributed by atoms with Crippen LogP contribution in [0, 0.1) is 0 Å². The maximum absolute atomic E-state index is 6.11. The fourth-order valence-corrected chi connectivity index (χ4v) is 4.39. The van der Waals surface area contributed by atoms with Gasteiger partial charge in [0.2, 0.25) is 0 Å². The Labute approximate surface area is 119 Å². The minimum Gasteiger partial charge on any atom is -0.420 e. The maximum Gasteiger partial charge on any atom is 0.179 e. The first kappa shape index (κ1) is 16.2. The summed E-state index contributed by atoms with van der Waals surface area (Å²) < 4.78 is 11.3. The van der Waals surface area contributed by atoms with Crippen LogP contribution in [-0.4, -0.2) is 29.4 Å². The van der Waals surface area contributed by atoms with Crippen molar-refractivity contribution in [1.82, 2.24) is 0 Å². The number of hydrogen-bond donors (Lipinski definition) is 0. The largest absolute Gasteiger partial charge is 0.420 e. The van der Waals surface area contributed by atoms with E-state index in [1.54, 1.807) is 7.11 Å². The molecule has 0 aliphatic heterocycles. The lowest BCUT2D eigenvalue weighted by Crippen LogP contribution is -2.21. The summed E-state index contributed by atoms with van der Waals surface area (Å²) in [6.45, 7) is 7.74. The van der Waals surface area contributed by atoms with Crippen LogP contribution in [0.1, 0.15) is 24.5 Å². The van der Waals surface area contributed by atoms with Crippen molar-refractivity contribution in [2.24, 2.45) is 0 Å². The van der Waals surface area contributed by atoms with Crippen molar-refractivity contribution < 1.29 is 9.16 Å². The van der Waals surface area contributed by atoms with E-state index in [4.69, 9.17) is 9.16 Å². The van der Waals surface area contributed by atoms with E-state index >= 15 is 0 Å². The van der Waals surface area contributed by atoms with Gasteiger partial charge in [0.1, 0.15) is 0 Å². The Balaban J connectivity index is 2.40. The smallest absolute Gasteiger partial charge is 0.179 e. The molecule has 0 saturated carbocycles. The van der Waals surface area contributed by atoms with Crippen LogP contribution >= 0.6 is 0 Å². The standard InChI is InChI=1S/C16H26O2Si/c1-4-13-19(14-12-17-3)18-11-10-16-9-7-6-8-15(16)5-2/h5-9,19H,2,4,10-14H2,1,3H3. The molecule has 0 radical (unpaired) electrons. The van der Waals surface area contributed by atoms with Gasteiger partial charge >= 0.3 is 0 Å². The lowest BCUT2D eigenvalue weighted by atomic mass is 10.1. The quantitative estimate of drug-likeness (QED) is 0.608. The summed E-state index contributed by atoms with van der Waals surface area (Å²) in [5, 5.41) is 0. The summed E-state index contributed by atoms with van der Waals surface area (Å²) >= 11 is 0. The van der Waals surface area contributed by atoms with Crippen LogP contribution in [0.2, 0.25) is 12.1 Å². The van der Waals surface area contributed by atoms with E-state index in [9.17, 15) is 0 Å². The van der Waals surface area contributed by atoms with Gasteiger partial charge in [-0.1, -0.05) is 50.3 Å². The SMILES string of the molecule is C=Cc1ccccc1CCO[SiH](CCC)CCOC. The molecule has 1 rings (SSSR count). The third-order valence-corrected chi connectivity index (χ3v) is 6.06. The second kappa shape index (κ2) is 9.95. The molecule has 1 unspecified atom stereocenters. The number of hydrogen-bond acceptors (Lipinski definition) is 2. The summed E-state index contributed by atoms with van der Waals surface area (Å²) in [7, 11) is 0.694. The molecule has 3 heteroatoms. The normalized spacial score (nSPS) is 12.3. The van der Waals surface area contributed by atoms with Crippen molar-refractivity contribution in [3.8, 4) is 0 Å². The summed E-state index contributed by atoms with van der Waals surface area (Å²) in [5.74, 6) is 0. The van der Waals surface area contributed by atoms with E-state index < -0.39 is 9.04 Å². The first-order chi connectivity index (χ1) is 9.31. The van der Waals surface area contributed by atoms with E-state index in [1.807, 2.05) is 6.08 Å². The van der Waals surface area contributed by atoms with Gasteiger partial charge in [0.05, 0.1) is 0 Å². The average molecular weight is 278 g/mol. The van der Waals surface area contributed by atoms with Crippen molar-refractivity contribution >= 4 is 15.1 Å². The molecule has 0 aliphatic rings. The zero-order chi connectivity index (χ0) is 13.9. The molecule has 2 nitrogen and oxygen atoms in total. The van der Waals surface area contributed by atoms with Gasteiger partial charge in [0, 0.05) is 20.3 Å². The summed E-state index contributed by atoms with van der Waals surface area (Å²) in [4.78, 5) is 0. The number of rotatable bonds is 10. The first-order valence-electron chi connectivity index (χ1n) is 7.12. The van der Waals surface area contributed by atoms with E-state index in [0.29, 0.717) is 0 Å². The van der Waals surface area contributed by atoms with Crippen molar-refractivity contribution in [2.45, 2.75) is 31.9 Å². The van der Waals surface area contributed by atoms with Gasteiger partial charge in [-0.2, -0.15) is 0 Å². The molecule has 19 heavy (non-hydrogen) atoms. The molecule has 0 fully saturated rings. The van der Waals surface area contributed by atoms with Gasteiger partial charge in [-0.05, 0) is 29.6 Å². The van der Waals surface area contributed by atoms with Gasteiger partial charge in [-0.15, -0.1) is 0 Å². The topological polar surface area (TPSA) is 18.5 Å². The predicted molar refractivity (Wildman–Crippen MR) is 85.1 cm³/mol. The Bertz CT molecular complexity index is 366. The zero-order valence-electron chi connectivity index (χ0n) is 12.2. The second-order valence-corrected chi connectivity index (χ2v) is 7.45. The third-order valence-electron chi connectivity index (χ3n) is 3.25. The molecule has 0 N–H and O–H groups in total. The Morgan fingerprint density at radius 2 is 2.00 bits per heavy atom. The van der Waals surface area contributed by atoms with Crippen LogP contribution in [0.15, 0.2) is 30.8 Å². The molecular weight excluding hydrogens is 252 g/mol. The molecule has 106 valence electrons. The van der Waals surface area contributed by atoms with Gasteiger partial charge in [0.15, 0.2) is 9.04 Å². The van der Waals surface area contributed by atoms with Crippen LogP contribution in [0.5, 0.6) is 0 Å². The molecular formula is C16H26O2Si. The minimum absolute atomic E-state index is 0.825. The van der Waals surface area contributed by atoms with Crippen LogP contribution in [0.25, 0.3) is 6.08 Å². The number of methoxy groups -OCH3 is 1. The Morgan fingerprint density at radius 1 is 1.21 bits per heavy atom. The van der Waals surface area contributed by atoms with E-state index in [1.165, 1.54) is 23.6 Å². The molecule has 0 aromatic heterocycles. The molecule has 0 bridgehead atoms. The van der Waals surface area contributed by atoms with Crippen LogP contribution in [-0.2, 0) is 15.6 Å². The molecule has 0 spiro atoms. The van der Waals surface area contributed by atoms with Gasteiger partial charge < -0.3 is 9.16 Å². The summed E-state index contributed by atoms with van der Waals surface area (Å²) in [6.07, 6.45) is 4.10. The molecule has 0 saturated heterocycles. The van der Waals surface area contributed by atoms with Gasteiger partial charge in [0.25, 0.3) is 0 Å². The van der Waals surface area contributed by atoms with Crippen molar-refractivity contribution in [1.29, 1.82) is 0 Å². The van der Waals surface area contributed by atoms with Gasteiger partial charge in [-0.3, -0.25) is 0 Å². The lowest BCUT2D eigenvalue weighted by Gasteiger charge is -2.15. The van der Waals surface area contributed by atoms with E-state index in [0.717, 1.165) is 25.7 Å². The highest BCUT2D eigenvalue weighted by molar-refractivity contribution is 6.51. The van der Waals surface area contributed by atoms with Gasteiger partial charge in [-0.25, -0.2) is 0 Å². The number of ether oxygens (including phenoxy) is 1. The lowest BCUT2D eigenvalue weighted by molar-refractivity contribution is 0.208. The minimum atomic E-state index is -1.07. The molecule has 1 aromatic carbocycles. The van der Waals surface area contributed by atoms with E-state index in [-0.39, 0.29) is 0 Å². The van der Waals surface area contributed by atoms with Crippen molar-refractivity contribution in [2.75, 3.05) is 20.3 Å². The first-order valence-corrected chi connectivity index (χ1v) is 9.23. The second-order valence-electron chi connectivity index (χ2n) is 4.72. The fourth-order valence-electron chi connectivity index (χ4n) is 2.18. The van der Waals surface area contributed by atoms with Crippen LogP contribution in [0.3, 0.4) is 0 Å². The number of benzene rings is 1. The van der Waals surface area contributed by atoms with Crippen LogP contribution in [0.4, 0.5) is 0 Å². The third kappa shape index (κ3) is 6.19. The molecule has 1 atom stereocenters. The molecule has 1 aromatic rings. The highest BCUT2D eigenvalue weighted by Crippen LogP contribution is 2.12. The summed E-state index contributed by atoms with van der Waals surface area (Å²) in [5.41, 5.74) is 2.55. The average Bonchev–Trinajstić information content (AvgIpc) is 2.45. The Hall–Kier alpha value is -0.903. The molecule has 0 amide bonds. The molecule has 0 heterocycles. The monoisotopic (exact) mass is 278 g/mol. The Kier molecular flexibility index (Phi) is 8.46. The summed E-state index contributed by atoms with van der Waals surface area (Å²) in [6, 6.07) is 10.8. The zero-order valence-corrected chi connectivity index (χ0v) is 13.4. The van der Waals surface area contributed by atoms with Crippen molar-refractivity contribution in [3.05, 3.63) is 42.0 Å². The highest BCUT2D eigenvalue weighted by Gasteiger charge is 2.10. The maximum atomic E-state index is 6.11. The Morgan fingerprint density at radius 3 is 2.68 bits per heavy atom. The fraction of sp³-hybridized carbons (Fsp3) is 0.500. The molecule has 0 aliphatic carbocycles. The van der Waals surface area contributed by atoms with Crippen LogP contribution < -0.4 is 0 Å². The van der Waals surface area contributed by atoms with Crippen molar-refractivity contribution in [3.63, 3.8) is 0 Å². The van der Waals surface area contributed by atoms with E-state index in [2.05, 4.69) is 37.8 Å². The highest BCUT2D eigenvalue weighted by atomic mass is 28.3.